The molecule has 28 heavy (non-hydrogen) atoms. The molecule has 2 amide bonds. The number of benzene rings is 1. The van der Waals surface area contributed by atoms with Gasteiger partial charge in [0.1, 0.15) is 0 Å². The molecule has 0 aliphatic carbocycles. The molecule has 2 aliphatic rings. The van der Waals surface area contributed by atoms with Crippen LogP contribution < -0.4 is 5.32 Å². The third kappa shape index (κ3) is 4.37. The van der Waals surface area contributed by atoms with Crippen molar-refractivity contribution < 1.29 is 18.0 Å². The van der Waals surface area contributed by atoms with E-state index >= 15 is 0 Å². The molecule has 0 unspecified atom stereocenters. The van der Waals surface area contributed by atoms with Crippen LogP contribution in [0.2, 0.25) is 0 Å². The Labute approximate surface area is 166 Å². The standard InChI is InChI=1S/C19H28N4O4S/c1-21(2)28(26,27)23-13-7-8-15(14-23)18(24)20-17-10-4-3-9-16(17)19(25)22-11-5-6-12-22/h3-4,9-10,15H,5-8,11-14H2,1-2H3,(H,20,24)/t15-/m1/s1. The molecule has 1 atom stereocenters. The Morgan fingerprint density at radius 2 is 1.75 bits per heavy atom. The minimum absolute atomic E-state index is 0.0751. The van der Waals surface area contributed by atoms with E-state index < -0.39 is 16.1 Å². The summed E-state index contributed by atoms with van der Waals surface area (Å²) in [5.74, 6) is -0.771. The van der Waals surface area contributed by atoms with E-state index in [1.165, 1.54) is 18.4 Å². The van der Waals surface area contributed by atoms with Gasteiger partial charge in [0.15, 0.2) is 0 Å². The van der Waals surface area contributed by atoms with Crippen molar-refractivity contribution in [3.63, 3.8) is 0 Å². The number of anilines is 1. The maximum atomic E-state index is 12.8. The van der Waals surface area contributed by atoms with E-state index in [0.717, 1.165) is 30.2 Å². The second kappa shape index (κ2) is 8.59. The van der Waals surface area contributed by atoms with Crippen LogP contribution >= 0.6 is 0 Å². The molecule has 8 nitrogen and oxygen atoms in total. The average molecular weight is 409 g/mol. The van der Waals surface area contributed by atoms with Crippen molar-refractivity contribution in [2.45, 2.75) is 25.7 Å². The summed E-state index contributed by atoms with van der Waals surface area (Å²) in [4.78, 5) is 27.4. The highest BCUT2D eigenvalue weighted by Crippen LogP contribution is 2.24. The van der Waals surface area contributed by atoms with Crippen LogP contribution in [0.4, 0.5) is 5.69 Å². The highest BCUT2D eigenvalue weighted by molar-refractivity contribution is 7.86. The zero-order valence-corrected chi connectivity index (χ0v) is 17.2. The number of para-hydroxylation sites is 1. The average Bonchev–Trinajstić information content (AvgIpc) is 3.22. The first kappa shape index (κ1) is 20.8. The largest absolute Gasteiger partial charge is 0.339 e. The number of hydrogen-bond acceptors (Lipinski definition) is 4. The molecule has 2 aliphatic heterocycles. The zero-order valence-electron chi connectivity index (χ0n) is 16.4. The number of nitrogens with one attached hydrogen (secondary N) is 1. The Hall–Kier alpha value is -1.97. The van der Waals surface area contributed by atoms with Crippen LogP contribution in [0.15, 0.2) is 24.3 Å². The lowest BCUT2D eigenvalue weighted by atomic mass is 9.98. The molecule has 1 N–H and O–H groups in total. The van der Waals surface area contributed by atoms with Gasteiger partial charge in [-0.05, 0) is 37.8 Å². The van der Waals surface area contributed by atoms with Crippen LogP contribution in [0.5, 0.6) is 0 Å². The van der Waals surface area contributed by atoms with E-state index in [2.05, 4.69) is 5.32 Å². The topological polar surface area (TPSA) is 90.0 Å². The first-order valence-corrected chi connectivity index (χ1v) is 11.1. The molecule has 2 saturated heterocycles. The predicted octanol–water partition coefficient (Wildman–Crippen LogP) is 1.38. The predicted molar refractivity (Wildman–Crippen MR) is 107 cm³/mol. The molecule has 0 saturated carbocycles. The van der Waals surface area contributed by atoms with E-state index in [1.807, 2.05) is 0 Å². The molecule has 0 aromatic heterocycles. The fraction of sp³-hybridized carbons (Fsp3) is 0.579. The van der Waals surface area contributed by atoms with Gasteiger partial charge in [0.05, 0.1) is 17.2 Å². The van der Waals surface area contributed by atoms with Gasteiger partial charge in [0.25, 0.3) is 16.1 Å². The molecular formula is C19H28N4O4S. The normalized spacial score (nSPS) is 21.1. The molecule has 0 spiro atoms. The van der Waals surface area contributed by atoms with Crippen molar-refractivity contribution >= 4 is 27.7 Å². The van der Waals surface area contributed by atoms with Crippen LogP contribution in [0, 0.1) is 5.92 Å². The smallest absolute Gasteiger partial charge is 0.281 e. The van der Waals surface area contributed by atoms with Crippen molar-refractivity contribution in [1.29, 1.82) is 0 Å². The van der Waals surface area contributed by atoms with Gasteiger partial charge in [0.2, 0.25) is 5.91 Å². The second-order valence-corrected chi connectivity index (χ2v) is 9.66. The maximum Gasteiger partial charge on any atom is 0.281 e. The number of likely N-dealkylation sites (tertiary alicyclic amines) is 1. The summed E-state index contributed by atoms with van der Waals surface area (Å²) < 4.78 is 27.3. The first-order valence-electron chi connectivity index (χ1n) is 9.67. The van der Waals surface area contributed by atoms with Crippen LogP contribution in [0.3, 0.4) is 0 Å². The Morgan fingerprint density at radius 1 is 1.07 bits per heavy atom. The first-order chi connectivity index (χ1) is 13.3. The van der Waals surface area contributed by atoms with E-state index in [1.54, 1.807) is 29.2 Å². The number of carbonyl (C=O) groups excluding carboxylic acids is 2. The quantitative estimate of drug-likeness (QED) is 0.797. The van der Waals surface area contributed by atoms with Crippen molar-refractivity contribution in [2.24, 2.45) is 5.92 Å². The zero-order chi connectivity index (χ0) is 20.3. The molecule has 0 bridgehead atoms. The lowest BCUT2D eigenvalue weighted by Crippen LogP contribution is -2.47. The Balaban J connectivity index is 1.72. The molecule has 1 aromatic rings. The van der Waals surface area contributed by atoms with Gasteiger partial charge in [-0.3, -0.25) is 9.59 Å². The summed E-state index contributed by atoms with van der Waals surface area (Å²) in [6.45, 7) is 2.03. The molecule has 2 fully saturated rings. The lowest BCUT2D eigenvalue weighted by molar-refractivity contribution is -0.120. The Bertz CT molecular complexity index is 834. The van der Waals surface area contributed by atoms with Gasteiger partial charge in [-0.15, -0.1) is 0 Å². The van der Waals surface area contributed by atoms with Crippen LogP contribution in [-0.4, -0.2) is 74.0 Å². The fourth-order valence-corrected chi connectivity index (χ4v) is 4.89. The van der Waals surface area contributed by atoms with Gasteiger partial charge in [-0.2, -0.15) is 17.0 Å². The molecular weight excluding hydrogens is 380 g/mol. The van der Waals surface area contributed by atoms with Crippen LogP contribution in [0.25, 0.3) is 0 Å². The van der Waals surface area contributed by atoms with Crippen molar-refractivity contribution in [2.75, 3.05) is 45.6 Å². The highest BCUT2D eigenvalue weighted by Gasteiger charge is 2.34. The summed E-state index contributed by atoms with van der Waals surface area (Å²) in [7, 11) is -0.575. The summed E-state index contributed by atoms with van der Waals surface area (Å²) in [6, 6.07) is 7.00. The number of piperidine rings is 1. The summed E-state index contributed by atoms with van der Waals surface area (Å²) >= 11 is 0. The van der Waals surface area contributed by atoms with Gasteiger partial charge in [-0.1, -0.05) is 12.1 Å². The highest BCUT2D eigenvalue weighted by atomic mass is 32.2. The van der Waals surface area contributed by atoms with Crippen molar-refractivity contribution in [1.82, 2.24) is 13.5 Å². The number of amides is 2. The minimum Gasteiger partial charge on any atom is -0.339 e. The molecule has 0 radical (unpaired) electrons. The molecule has 3 rings (SSSR count). The van der Waals surface area contributed by atoms with Gasteiger partial charge < -0.3 is 10.2 Å². The molecule has 1 aromatic carbocycles. The van der Waals surface area contributed by atoms with Gasteiger partial charge >= 0.3 is 0 Å². The van der Waals surface area contributed by atoms with E-state index in [-0.39, 0.29) is 18.4 Å². The van der Waals surface area contributed by atoms with E-state index in [9.17, 15) is 18.0 Å². The Kier molecular flexibility index (Phi) is 6.36. The number of nitrogens with zero attached hydrogens (tertiary/aromatic N) is 3. The molecule has 9 heteroatoms. The van der Waals surface area contributed by atoms with E-state index in [0.29, 0.717) is 30.6 Å². The summed E-state index contributed by atoms with van der Waals surface area (Å²) in [5.41, 5.74) is 0.961. The van der Waals surface area contributed by atoms with Crippen LogP contribution in [-0.2, 0) is 15.0 Å². The number of rotatable bonds is 5. The molecule has 2 heterocycles. The fourth-order valence-electron chi connectivity index (χ4n) is 3.70. The summed E-state index contributed by atoms with van der Waals surface area (Å²) in [5, 5.41) is 2.86. The number of carbonyl (C=O) groups is 2. The van der Waals surface area contributed by atoms with Gasteiger partial charge in [-0.25, -0.2) is 0 Å². The second-order valence-electron chi connectivity index (χ2n) is 7.52. The monoisotopic (exact) mass is 408 g/mol. The lowest BCUT2D eigenvalue weighted by Gasteiger charge is -2.32. The van der Waals surface area contributed by atoms with Gasteiger partial charge in [0, 0.05) is 40.3 Å². The van der Waals surface area contributed by atoms with E-state index in [4.69, 9.17) is 0 Å². The summed E-state index contributed by atoms with van der Waals surface area (Å²) in [6.07, 6.45) is 3.24. The van der Waals surface area contributed by atoms with Crippen LogP contribution in [0.1, 0.15) is 36.0 Å². The maximum absolute atomic E-state index is 12.8. The molecule has 154 valence electrons. The van der Waals surface area contributed by atoms with Crippen molar-refractivity contribution in [3.05, 3.63) is 29.8 Å². The third-order valence-electron chi connectivity index (χ3n) is 5.35. The minimum atomic E-state index is -3.55. The Morgan fingerprint density at radius 3 is 2.43 bits per heavy atom. The SMILES string of the molecule is CN(C)S(=O)(=O)N1CCC[C@@H](C(=O)Nc2ccccc2C(=O)N2CCCC2)C1. The number of hydrogen-bond donors (Lipinski definition) is 1. The third-order valence-corrected chi connectivity index (χ3v) is 7.26. The van der Waals surface area contributed by atoms with Crippen molar-refractivity contribution in [3.8, 4) is 0 Å².